The van der Waals surface area contributed by atoms with E-state index in [0.29, 0.717) is 17.3 Å². The molecule has 0 amide bonds. The van der Waals surface area contributed by atoms with Crippen molar-refractivity contribution >= 4 is 12.0 Å². The summed E-state index contributed by atoms with van der Waals surface area (Å²) in [6.45, 7) is 0. The fourth-order valence-electron chi connectivity index (χ4n) is 1.51. The topological polar surface area (TPSA) is 43.7 Å². The van der Waals surface area contributed by atoms with Crippen LogP contribution in [0.2, 0.25) is 0 Å². The number of hydrogen-bond acceptors (Lipinski definition) is 4. The molecule has 4 nitrogen and oxygen atoms in total. The fraction of sp³-hybridized carbons (Fsp3) is 0.143. The van der Waals surface area contributed by atoms with Crippen molar-refractivity contribution in [1.29, 1.82) is 0 Å². The third-order valence-electron chi connectivity index (χ3n) is 2.49. The zero-order valence-corrected chi connectivity index (χ0v) is 10.6. The van der Waals surface area contributed by atoms with Gasteiger partial charge >= 0.3 is 0 Å². The van der Waals surface area contributed by atoms with Crippen molar-refractivity contribution in [3.8, 4) is 11.5 Å². The van der Waals surface area contributed by atoms with Crippen LogP contribution in [0, 0.1) is 5.82 Å². The highest BCUT2D eigenvalue weighted by Gasteiger charge is 2.02. The maximum atomic E-state index is 12.7. The number of ether oxygens (including phenoxy) is 2. The number of methoxy groups -OCH3 is 2. The molecule has 0 atom stereocenters. The number of hydrogen-bond donors (Lipinski definition) is 0. The Kier molecular flexibility index (Phi) is 4.07. The Morgan fingerprint density at radius 1 is 1.16 bits per heavy atom. The summed E-state index contributed by atoms with van der Waals surface area (Å²) in [6, 6.07) is 8.21. The van der Waals surface area contributed by atoms with Crippen molar-refractivity contribution in [1.82, 2.24) is 4.98 Å². The minimum atomic E-state index is -0.388. The summed E-state index contributed by atoms with van der Waals surface area (Å²) in [5, 5.41) is 0. The van der Waals surface area contributed by atoms with Gasteiger partial charge < -0.3 is 9.47 Å². The van der Waals surface area contributed by atoms with Crippen LogP contribution in [0.3, 0.4) is 0 Å². The summed E-state index contributed by atoms with van der Waals surface area (Å²) in [5.74, 6) is 1.39. The predicted molar refractivity (Wildman–Crippen MR) is 71.0 cm³/mol. The minimum Gasteiger partial charge on any atom is -0.497 e. The van der Waals surface area contributed by atoms with Gasteiger partial charge in [-0.1, -0.05) is 0 Å². The molecule has 98 valence electrons. The zero-order valence-electron chi connectivity index (χ0n) is 10.6. The van der Waals surface area contributed by atoms with Crippen LogP contribution in [0.4, 0.5) is 10.2 Å². The smallest absolute Gasteiger partial charge is 0.151 e. The lowest BCUT2D eigenvalue weighted by atomic mass is 10.2. The standard InChI is InChI=1S/C14H13FN2O2/c1-18-12-5-3-10(13(7-12)19-2)8-16-14-6-4-11(15)9-17-14/h3-9H,1-2H3. The average Bonchev–Trinajstić information content (AvgIpc) is 2.46. The van der Waals surface area contributed by atoms with Crippen LogP contribution < -0.4 is 9.47 Å². The molecule has 1 aromatic heterocycles. The number of benzene rings is 1. The maximum Gasteiger partial charge on any atom is 0.151 e. The highest BCUT2D eigenvalue weighted by molar-refractivity contribution is 5.85. The largest absolute Gasteiger partial charge is 0.497 e. The van der Waals surface area contributed by atoms with Crippen LogP contribution >= 0.6 is 0 Å². The molecule has 1 heterocycles. The van der Waals surface area contributed by atoms with Gasteiger partial charge in [0, 0.05) is 17.8 Å². The Morgan fingerprint density at radius 2 is 2.00 bits per heavy atom. The molecule has 0 spiro atoms. The van der Waals surface area contributed by atoms with Crippen molar-refractivity contribution in [2.24, 2.45) is 4.99 Å². The molecule has 0 saturated carbocycles. The van der Waals surface area contributed by atoms with E-state index in [4.69, 9.17) is 9.47 Å². The molecule has 0 aliphatic carbocycles. The predicted octanol–water partition coefficient (Wildman–Crippen LogP) is 2.99. The number of rotatable bonds is 4. The van der Waals surface area contributed by atoms with Crippen molar-refractivity contribution in [2.75, 3.05) is 14.2 Å². The number of aromatic nitrogens is 1. The van der Waals surface area contributed by atoms with Gasteiger partial charge in [0.05, 0.1) is 20.4 Å². The van der Waals surface area contributed by atoms with Crippen LogP contribution in [0.25, 0.3) is 0 Å². The number of aliphatic imine (C=N–C) groups is 1. The molecular weight excluding hydrogens is 247 g/mol. The fourth-order valence-corrected chi connectivity index (χ4v) is 1.51. The van der Waals surface area contributed by atoms with E-state index in [1.165, 1.54) is 12.1 Å². The van der Waals surface area contributed by atoms with Gasteiger partial charge in [-0.15, -0.1) is 0 Å². The summed E-state index contributed by atoms with van der Waals surface area (Å²) in [7, 11) is 3.16. The summed E-state index contributed by atoms with van der Waals surface area (Å²) in [6.07, 6.45) is 2.73. The second-order valence-corrected chi connectivity index (χ2v) is 3.70. The Morgan fingerprint density at radius 3 is 2.63 bits per heavy atom. The van der Waals surface area contributed by atoms with E-state index in [2.05, 4.69) is 9.98 Å². The van der Waals surface area contributed by atoms with Gasteiger partial charge in [0.1, 0.15) is 17.3 Å². The molecule has 0 aliphatic rings. The zero-order chi connectivity index (χ0) is 13.7. The number of halogens is 1. The van der Waals surface area contributed by atoms with Crippen molar-refractivity contribution in [3.63, 3.8) is 0 Å². The SMILES string of the molecule is COc1ccc(C=Nc2ccc(F)cn2)c(OC)c1. The van der Waals surface area contributed by atoms with Gasteiger partial charge in [0.25, 0.3) is 0 Å². The van der Waals surface area contributed by atoms with E-state index in [-0.39, 0.29) is 5.82 Å². The lowest BCUT2D eigenvalue weighted by Gasteiger charge is -2.06. The molecule has 2 aromatic rings. The molecule has 0 fully saturated rings. The molecule has 0 saturated heterocycles. The van der Waals surface area contributed by atoms with E-state index in [0.717, 1.165) is 11.8 Å². The first-order valence-electron chi connectivity index (χ1n) is 5.60. The first-order chi connectivity index (χ1) is 9.22. The average molecular weight is 260 g/mol. The summed E-state index contributed by atoms with van der Waals surface area (Å²) in [5.41, 5.74) is 0.787. The van der Waals surface area contributed by atoms with Crippen LogP contribution in [0.5, 0.6) is 11.5 Å². The normalized spacial score (nSPS) is 10.7. The molecule has 0 N–H and O–H groups in total. The first-order valence-corrected chi connectivity index (χ1v) is 5.60. The van der Waals surface area contributed by atoms with Crippen LogP contribution in [0.1, 0.15) is 5.56 Å². The number of pyridine rings is 1. The lowest BCUT2D eigenvalue weighted by molar-refractivity contribution is 0.394. The van der Waals surface area contributed by atoms with E-state index in [9.17, 15) is 4.39 Å². The molecule has 0 bridgehead atoms. The quantitative estimate of drug-likeness (QED) is 0.794. The van der Waals surface area contributed by atoms with Gasteiger partial charge in [0.2, 0.25) is 0 Å². The van der Waals surface area contributed by atoms with Crippen LogP contribution in [-0.2, 0) is 0 Å². The summed E-state index contributed by atoms with van der Waals surface area (Å²) >= 11 is 0. The Hall–Kier alpha value is -2.43. The van der Waals surface area contributed by atoms with Crippen LogP contribution in [-0.4, -0.2) is 25.4 Å². The second kappa shape index (κ2) is 5.95. The van der Waals surface area contributed by atoms with Gasteiger partial charge in [0.15, 0.2) is 5.82 Å². The molecule has 0 unspecified atom stereocenters. The molecule has 2 rings (SSSR count). The highest BCUT2D eigenvalue weighted by atomic mass is 19.1. The molecular formula is C14H13FN2O2. The third-order valence-corrected chi connectivity index (χ3v) is 2.49. The van der Waals surface area contributed by atoms with Gasteiger partial charge in [-0.25, -0.2) is 14.4 Å². The lowest BCUT2D eigenvalue weighted by Crippen LogP contribution is -1.92. The van der Waals surface area contributed by atoms with Crippen LogP contribution in [0.15, 0.2) is 41.5 Å². The summed E-state index contributed by atoms with van der Waals surface area (Å²) < 4.78 is 23.1. The third kappa shape index (κ3) is 3.28. The van der Waals surface area contributed by atoms with E-state index < -0.39 is 0 Å². The van der Waals surface area contributed by atoms with E-state index >= 15 is 0 Å². The molecule has 0 radical (unpaired) electrons. The Bertz CT molecular complexity index is 582. The number of nitrogens with zero attached hydrogens (tertiary/aromatic N) is 2. The monoisotopic (exact) mass is 260 g/mol. The molecule has 1 aromatic carbocycles. The minimum absolute atomic E-state index is 0.388. The van der Waals surface area contributed by atoms with Gasteiger partial charge in [-0.2, -0.15) is 0 Å². The maximum absolute atomic E-state index is 12.7. The van der Waals surface area contributed by atoms with Crippen molar-refractivity contribution in [2.45, 2.75) is 0 Å². The van der Waals surface area contributed by atoms with Gasteiger partial charge in [-0.3, -0.25) is 0 Å². The highest BCUT2D eigenvalue weighted by Crippen LogP contribution is 2.23. The molecule has 19 heavy (non-hydrogen) atoms. The second-order valence-electron chi connectivity index (χ2n) is 3.70. The first kappa shape index (κ1) is 13.0. The van der Waals surface area contributed by atoms with Crippen molar-refractivity contribution < 1.29 is 13.9 Å². The Balaban J connectivity index is 2.25. The van der Waals surface area contributed by atoms with Crippen molar-refractivity contribution in [3.05, 3.63) is 47.9 Å². The van der Waals surface area contributed by atoms with E-state index in [1.807, 2.05) is 12.1 Å². The Labute approximate surface area is 110 Å². The molecule has 5 heteroatoms. The van der Waals surface area contributed by atoms with E-state index in [1.54, 1.807) is 26.5 Å². The summed E-state index contributed by atoms with van der Waals surface area (Å²) in [4.78, 5) is 8.00. The van der Waals surface area contributed by atoms with Gasteiger partial charge in [-0.05, 0) is 24.3 Å². The molecule has 0 aliphatic heterocycles.